The number of nitrogens with zero attached hydrogens (tertiary/aromatic N) is 9. The molecule has 0 fully saturated rings. The summed E-state index contributed by atoms with van der Waals surface area (Å²) >= 11 is 0. The number of aromatic nitrogens is 9. The van der Waals surface area contributed by atoms with E-state index in [-0.39, 0.29) is 0 Å². The van der Waals surface area contributed by atoms with Gasteiger partial charge in [0.1, 0.15) is 18.3 Å². The molecule has 21 heavy (non-hydrogen) atoms. The topological polar surface area (TPSA) is 92.1 Å². The van der Waals surface area contributed by atoms with Crippen LogP contribution >= 0.6 is 0 Å². The average Bonchev–Trinajstić information content (AvgIpc) is 3.28. The Morgan fingerprint density at radius 1 is 0.619 bits per heavy atom. The van der Waals surface area contributed by atoms with Crippen molar-refractivity contribution in [2.75, 3.05) is 0 Å². The Kier molecular flexibility index (Phi) is 2.53. The van der Waals surface area contributed by atoms with Crippen LogP contribution in [0.4, 0.5) is 0 Å². The molecule has 0 saturated heterocycles. The molecule has 102 valence electrons. The van der Waals surface area contributed by atoms with Crippen LogP contribution in [0.1, 0.15) is 0 Å². The highest BCUT2D eigenvalue weighted by atomic mass is 15.4. The first-order valence-electron chi connectivity index (χ1n) is 6.12. The summed E-state index contributed by atoms with van der Waals surface area (Å²) in [6, 6.07) is 0. The van der Waals surface area contributed by atoms with Gasteiger partial charge in [0.2, 0.25) is 0 Å². The molecule has 0 radical (unpaired) electrons. The van der Waals surface area contributed by atoms with Crippen LogP contribution in [-0.2, 0) is 0 Å². The summed E-state index contributed by atoms with van der Waals surface area (Å²) in [5.74, 6) is 1.20. The molecule has 0 aromatic carbocycles. The van der Waals surface area contributed by atoms with E-state index in [0.717, 1.165) is 5.69 Å². The summed E-state index contributed by atoms with van der Waals surface area (Å²) in [5.41, 5.74) is 0.735. The quantitative estimate of drug-likeness (QED) is 0.540. The van der Waals surface area contributed by atoms with E-state index in [2.05, 4.69) is 30.4 Å². The zero-order chi connectivity index (χ0) is 14.1. The molecular weight excluding hydrogens is 270 g/mol. The molecule has 0 aliphatic carbocycles. The fourth-order valence-corrected chi connectivity index (χ4v) is 2.04. The molecule has 0 aliphatic rings. The third-order valence-electron chi connectivity index (χ3n) is 2.96. The summed E-state index contributed by atoms with van der Waals surface area (Å²) in [6.45, 7) is 0. The predicted molar refractivity (Wildman–Crippen MR) is 71.2 cm³/mol. The van der Waals surface area contributed by atoms with E-state index in [1.54, 1.807) is 59.1 Å². The van der Waals surface area contributed by atoms with E-state index in [1.165, 1.54) is 0 Å². The lowest BCUT2D eigenvalue weighted by Crippen LogP contribution is -2.12. The highest BCUT2D eigenvalue weighted by Gasteiger charge is 2.17. The molecule has 0 N–H and O–H groups in total. The van der Waals surface area contributed by atoms with Gasteiger partial charge in [-0.15, -0.1) is 10.2 Å². The summed E-state index contributed by atoms with van der Waals surface area (Å²) in [4.78, 5) is 12.2. The van der Waals surface area contributed by atoms with Crippen molar-refractivity contribution in [2.45, 2.75) is 0 Å². The molecule has 0 unspecified atom stereocenters. The smallest absolute Gasteiger partial charge is 0.190 e. The Morgan fingerprint density at radius 2 is 1.10 bits per heavy atom. The van der Waals surface area contributed by atoms with E-state index in [4.69, 9.17) is 0 Å². The van der Waals surface area contributed by atoms with Gasteiger partial charge in [-0.1, -0.05) is 0 Å². The molecule has 4 rings (SSSR count). The van der Waals surface area contributed by atoms with Crippen LogP contribution in [0.2, 0.25) is 0 Å². The molecule has 4 aromatic rings. The Bertz CT molecular complexity index is 779. The number of hydrogen-bond acceptors (Lipinski definition) is 6. The lowest BCUT2D eigenvalue weighted by atomic mass is 10.4. The molecule has 4 heterocycles. The Hall–Kier alpha value is -3.36. The van der Waals surface area contributed by atoms with Crippen LogP contribution in [0.3, 0.4) is 0 Å². The molecule has 0 saturated carbocycles. The molecule has 0 amide bonds. The van der Waals surface area contributed by atoms with Crippen LogP contribution in [-0.4, -0.2) is 44.1 Å². The van der Waals surface area contributed by atoms with Crippen LogP contribution in [0.25, 0.3) is 17.3 Å². The third-order valence-corrected chi connectivity index (χ3v) is 2.96. The van der Waals surface area contributed by atoms with Gasteiger partial charge in [-0.05, 0) is 5.21 Å². The van der Waals surface area contributed by atoms with Crippen LogP contribution in [0, 0.1) is 0 Å². The maximum absolute atomic E-state index is 4.13. The second-order valence-corrected chi connectivity index (χ2v) is 4.20. The lowest BCUT2D eigenvalue weighted by Gasteiger charge is -2.12. The first-order valence-corrected chi connectivity index (χ1v) is 6.12. The van der Waals surface area contributed by atoms with E-state index in [9.17, 15) is 0 Å². The first-order chi connectivity index (χ1) is 10.4. The minimum atomic E-state index is 0.601. The summed E-state index contributed by atoms with van der Waals surface area (Å²) in [6.07, 6.45) is 15.4. The van der Waals surface area contributed by atoms with Crippen molar-refractivity contribution < 1.29 is 0 Å². The van der Waals surface area contributed by atoms with Crippen molar-refractivity contribution >= 4 is 0 Å². The Morgan fingerprint density at radius 3 is 1.52 bits per heavy atom. The molecule has 0 aliphatic heterocycles. The Labute approximate surface area is 118 Å². The molecular formula is C12H9N9. The first kappa shape index (κ1) is 11.5. The van der Waals surface area contributed by atoms with Gasteiger partial charge in [-0.2, -0.15) is 0 Å². The SMILES string of the molecule is c1cn(-c2nnnc(-n3ccnc3)c2-n2ccnc2)cn1. The van der Waals surface area contributed by atoms with E-state index in [0.29, 0.717) is 11.6 Å². The van der Waals surface area contributed by atoms with Crippen molar-refractivity contribution in [3.63, 3.8) is 0 Å². The molecule has 0 spiro atoms. The molecule has 9 heteroatoms. The zero-order valence-electron chi connectivity index (χ0n) is 10.7. The van der Waals surface area contributed by atoms with Crippen molar-refractivity contribution in [2.24, 2.45) is 0 Å². The maximum Gasteiger partial charge on any atom is 0.190 e. The van der Waals surface area contributed by atoms with Crippen LogP contribution in [0.15, 0.2) is 56.2 Å². The summed E-state index contributed by atoms with van der Waals surface area (Å²) in [5, 5.41) is 12.1. The predicted octanol–water partition coefficient (Wildman–Crippen LogP) is 0.429. The fourth-order valence-electron chi connectivity index (χ4n) is 2.04. The second kappa shape index (κ2) is 4.63. The van der Waals surface area contributed by atoms with Gasteiger partial charge in [0.25, 0.3) is 0 Å². The van der Waals surface area contributed by atoms with Crippen molar-refractivity contribution in [3.8, 4) is 17.3 Å². The van der Waals surface area contributed by atoms with Gasteiger partial charge in [0.05, 0.1) is 6.33 Å². The zero-order valence-corrected chi connectivity index (χ0v) is 10.7. The van der Waals surface area contributed by atoms with E-state index < -0.39 is 0 Å². The minimum Gasteiger partial charge on any atom is -0.300 e. The van der Waals surface area contributed by atoms with Gasteiger partial charge >= 0.3 is 0 Å². The van der Waals surface area contributed by atoms with Crippen LogP contribution < -0.4 is 0 Å². The molecule has 0 bridgehead atoms. The molecule has 9 nitrogen and oxygen atoms in total. The molecule has 4 aromatic heterocycles. The third kappa shape index (κ3) is 1.87. The number of rotatable bonds is 3. The summed E-state index contributed by atoms with van der Waals surface area (Å²) < 4.78 is 5.36. The monoisotopic (exact) mass is 279 g/mol. The van der Waals surface area contributed by atoms with Crippen LogP contribution in [0.5, 0.6) is 0 Å². The standard InChI is InChI=1S/C12H9N9/c1-4-19(7-13-1)10-11(20-5-2-14-8-20)16-18-17-12(10)21-6-3-15-9-21/h1-9H. The summed E-state index contributed by atoms with van der Waals surface area (Å²) in [7, 11) is 0. The highest BCUT2D eigenvalue weighted by molar-refractivity contribution is 5.56. The minimum absolute atomic E-state index is 0.601. The second-order valence-electron chi connectivity index (χ2n) is 4.20. The maximum atomic E-state index is 4.13. The van der Waals surface area contributed by atoms with Crippen molar-refractivity contribution in [3.05, 3.63) is 56.2 Å². The normalized spacial score (nSPS) is 10.9. The highest BCUT2D eigenvalue weighted by Crippen LogP contribution is 2.21. The largest absolute Gasteiger partial charge is 0.300 e. The van der Waals surface area contributed by atoms with Gasteiger partial charge in [0, 0.05) is 37.2 Å². The van der Waals surface area contributed by atoms with Gasteiger partial charge in [-0.25, -0.2) is 15.0 Å². The average molecular weight is 279 g/mol. The molecule has 0 atom stereocenters. The lowest BCUT2D eigenvalue weighted by molar-refractivity contribution is 0.765. The Balaban J connectivity index is 2.03. The van der Waals surface area contributed by atoms with Gasteiger partial charge in [-0.3, -0.25) is 13.7 Å². The van der Waals surface area contributed by atoms with Gasteiger partial charge < -0.3 is 0 Å². The van der Waals surface area contributed by atoms with Gasteiger partial charge in [0.15, 0.2) is 11.6 Å². The van der Waals surface area contributed by atoms with E-state index in [1.807, 2.05) is 10.8 Å². The van der Waals surface area contributed by atoms with Crippen molar-refractivity contribution in [1.82, 2.24) is 44.1 Å². The fraction of sp³-hybridized carbons (Fsp3) is 0. The van der Waals surface area contributed by atoms with Crippen molar-refractivity contribution in [1.29, 1.82) is 0 Å². The number of imidazole rings is 3. The number of hydrogen-bond donors (Lipinski definition) is 0. The van der Waals surface area contributed by atoms with E-state index >= 15 is 0 Å².